The number of nitrogens with one attached hydrogen (secondary N) is 4. The zero-order chi connectivity index (χ0) is 29.8. The van der Waals surface area contributed by atoms with Crippen molar-refractivity contribution in [2.75, 3.05) is 62.0 Å². The Labute approximate surface area is 250 Å². The van der Waals surface area contributed by atoms with Crippen LogP contribution >= 0.6 is 0 Å². The van der Waals surface area contributed by atoms with E-state index in [9.17, 15) is 9.90 Å². The molecule has 0 atom stereocenters. The number of rotatable bonds is 21. The lowest BCUT2D eigenvalue weighted by Gasteiger charge is -2.26. The number of unbranched alkanes of at least 4 members (excludes halogenated alkanes) is 5. The number of amides is 1. The number of aliphatic hydroxyl groups excluding tert-OH is 1. The summed E-state index contributed by atoms with van der Waals surface area (Å²) in [6.45, 7) is 5.72. The fourth-order valence-electron chi connectivity index (χ4n) is 4.70. The summed E-state index contributed by atoms with van der Waals surface area (Å²) in [5.74, 6) is 1.18. The van der Waals surface area contributed by atoms with E-state index in [-0.39, 0.29) is 18.1 Å². The van der Waals surface area contributed by atoms with Gasteiger partial charge in [-0.05, 0) is 50.3 Å². The van der Waals surface area contributed by atoms with Crippen molar-refractivity contribution in [3.8, 4) is 0 Å². The Balaban J connectivity index is 1.57. The molecular formula is C30H50N8O4. The highest BCUT2D eigenvalue weighted by molar-refractivity contribution is 5.95. The standard InChI is InChI=1S/C30H50N8O4/c1-2-3-4-5-6-7-16-33-28-36-29(34-24-11-13-26(39)14-12-24)38-30(37-28)35-25-10-8-9-23(22-25)27(40)32-17-19-42-21-20-41-18-15-31/h8-10,22,24,26,39H,2-7,11-21,31H2,1H3,(H,32,40)(H3,33,34,35,36,37,38). The second kappa shape index (κ2) is 20.0. The molecule has 3 rings (SSSR count). The summed E-state index contributed by atoms with van der Waals surface area (Å²) in [6.07, 6.45) is 10.3. The minimum Gasteiger partial charge on any atom is -0.393 e. The molecule has 0 aliphatic heterocycles. The van der Waals surface area contributed by atoms with Gasteiger partial charge in [0, 0.05) is 36.9 Å². The zero-order valence-corrected chi connectivity index (χ0v) is 25.1. The predicted molar refractivity (Wildman–Crippen MR) is 166 cm³/mol. The molecule has 1 fully saturated rings. The number of nitrogens with zero attached hydrogens (tertiary/aromatic N) is 3. The minimum atomic E-state index is -0.230. The Morgan fingerprint density at radius 3 is 2.40 bits per heavy atom. The molecule has 1 aromatic carbocycles. The molecule has 1 aliphatic rings. The van der Waals surface area contributed by atoms with E-state index in [1.54, 1.807) is 12.1 Å². The quantitative estimate of drug-likeness (QED) is 0.118. The fourth-order valence-corrected chi connectivity index (χ4v) is 4.70. The van der Waals surface area contributed by atoms with E-state index >= 15 is 0 Å². The van der Waals surface area contributed by atoms with Gasteiger partial charge < -0.3 is 41.6 Å². The van der Waals surface area contributed by atoms with E-state index < -0.39 is 0 Å². The van der Waals surface area contributed by atoms with Crippen LogP contribution in [0.5, 0.6) is 0 Å². The molecule has 2 aromatic rings. The van der Waals surface area contributed by atoms with Crippen LogP contribution in [0.2, 0.25) is 0 Å². The van der Waals surface area contributed by atoms with Crippen LogP contribution in [-0.4, -0.2) is 84.2 Å². The van der Waals surface area contributed by atoms with Gasteiger partial charge in [-0.25, -0.2) is 0 Å². The van der Waals surface area contributed by atoms with E-state index in [1.165, 1.54) is 32.1 Å². The molecule has 12 heteroatoms. The average molecular weight is 587 g/mol. The fraction of sp³-hybridized carbons (Fsp3) is 0.667. The molecule has 42 heavy (non-hydrogen) atoms. The van der Waals surface area contributed by atoms with Crippen molar-refractivity contribution in [3.63, 3.8) is 0 Å². The lowest BCUT2D eigenvalue weighted by atomic mass is 9.93. The zero-order valence-electron chi connectivity index (χ0n) is 25.1. The first-order valence-electron chi connectivity index (χ1n) is 15.5. The van der Waals surface area contributed by atoms with Crippen molar-refractivity contribution >= 4 is 29.4 Å². The van der Waals surface area contributed by atoms with Gasteiger partial charge in [-0.15, -0.1) is 0 Å². The van der Waals surface area contributed by atoms with Gasteiger partial charge in [-0.1, -0.05) is 45.1 Å². The van der Waals surface area contributed by atoms with Crippen LogP contribution in [0.1, 0.15) is 81.5 Å². The van der Waals surface area contributed by atoms with Crippen LogP contribution in [-0.2, 0) is 9.47 Å². The average Bonchev–Trinajstić information content (AvgIpc) is 2.99. The van der Waals surface area contributed by atoms with E-state index in [2.05, 4.69) is 43.1 Å². The molecule has 234 valence electrons. The lowest BCUT2D eigenvalue weighted by molar-refractivity contribution is 0.0511. The third-order valence-corrected chi connectivity index (χ3v) is 7.03. The Morgan fingerprint density at radius 1 is 0.905 bits per heavy atom. The van der Waals surface area contributed by atoms with Gasteiger partial charge in [0.2, 0.25) is 17.8 Å². The topological polar surface area (TPSA) is 169 Å². The van der Waals surface area contributed by atoms with Crippen molar-refractivity contribution in [3.05, 3.63) is 29.8 Å². The van der Waals surface area contributed by atoms with Gasteiger partial charge in [-0.2, -0.15) is 15.0 Å². The molecule has 0 bridgehead atoms. The number of aliphatic hydroxyl groups is 1. The monoisotopic (exact) mass is 586 g/mol. The third-order valence-electron chi connectivity index (χ3n) is 7.03. The maximum absolute atomic E-state index is 12.7. The Hall–Kier alpha value is -3.06. The normalized spacial score (nSPS) is 16.6. The molecule has 1 heterocycles. The van der Waals surface area contributed by atoms with Gasteiger partial charge in [0.15, 0.2) is 0 Å². The number of hydrogen-bond donors (Lipinski definition) is 6. The highest BCUT2D eigenvalue weighted by atomic mass is 16.5. The highest BCUT2D eigenvalue weighted by Gasteiger charge is 2.20. The molecule has 7 N–H and O–H groups in total. The molecule has 1 aliphatic carbocycles. The maximum atomic E-state index is 12.7. The smallest absolute Gasteiger partial charge is 0.251 e. The summed E-state index contributed by atoms with van der Waals surface area (Å²) in [5, 5.41) is 22.8. The molecule has 0 saturated heterocycles. The van der Waals surface area contributed by atoms with Crippen molar-refractivity contribution < 1.29 is 19.4 Å². The summed E-state index contributed by atoms with van der Waals surface area (Å²) in [5.41, 5.74) is 6.59. The van der Waals surface area contributed by atoms with Crippen LogP contribution < -0.4 is 27.0 Å². The van der Waals surface area contributed by atoms with Crippen LogP contribution in [0, 0.1) is 0 Å². The Kier molecular flexibility index (Phi) is 15.9. The summed E-state index contributed by atoms with van der Waals surface area (Å²) < 4.78 is 10.7. The van der Waals surface area contributed by atoms with Crippen molar-refractivity contribution in [1.82, 2.24) is 20.3 Å². The molecule has 12 nitrogen and oxygen atoms in total. The van der Waals surface area contributed by atoms with Crippen LogP contribution in [0.3, 0.4) is 0 Å². The van der Waals surface area contributed by atoms with Gasteiger partial charge in [0.1, 0.15) is 0 Å². The molecule has 1 aromatic heterocycles. The molecule has 0 unspecified atom stereocenters. The van der Waals surface area contributed by atoms with Crippen molar-refractivity contribution in [2.24, 2.45) is 5.73 Å². The number of hydrogen-bond acceptors (Lipinski definition) is 11. The number of anilines is 4. The first-order chi connectivity index (χ1) is 20.6. The van der Waals surface area contributed by atoms with Gasteiger partial charge >= 0.3 is 0 Å². The summed E-state index contributed by atoms with van der Waals surface area (Å²) in [4.78, 5) is 26.5. The van der Waals surface area contributed by atoms with Gasteiger partial charge in [0.25, 0.3) is 5.91 Å². The van der Waals surface area contributed by atoms with Crippen molar-refractivity contribution in [1.29, 1.82) is 0 Å². The number of aromatic nitrogens is 3. The summed E-state index contributed by atoms with van der Waals surface area (Å²) >= 11 is 0. The van der Waals surface area contributed by atoms with Crippen LogP contribution in [0.15, 0.2) is 24.3 Å². The molecule has 0 radical (unpaired) electrons. The maximum Gasteiger partial charge on any atom is 0.251 e. The number of ether oxygens (including phenoxy) is 2. The van der Waals surface area contributed by atoms with E-state index in [4.69, 9.17) is 15.2 Å². The van der Waals surface area contributed by atoms with Crippen LogP contribution in [0.4, 0.5) is 23.5 Å². The van der Waals surface area contributed by atoms with E-state index in [0.29, 0.717) is 68.6 Å². The first-order valence-corrected chi connectivity index (χ1v) is 15.5. The highest BCUT2D eigenvalue weighted by Crippen LogP contribution is 2.23. The number of nitrogens with two attached hydrogens (primary N) is 1. The molecule has 0 spiro atoms. The first kappa shape index (κ1) is 33.4. The number of carbonyl (C=O) groups is 1. The number of carbonyl (C=O) groups excluding carboxylic acids is 1. The largest absolute Gasteiger partial charge is 0.393 e. The number of benzene rings is 1. The third kappa shape index (κ3) is 13.3. The van der Waals surface area contributed by atoms with Gasteiger partial charge in [0.05, 0.1) is 32.5 Å². The molecule has 1 saturated carbocycles. The van der Waals surface area contributed by atoms with Gasteiger partial charge in [-0.3, -0.25) is 4.79 Å². The summed E-state index contributed by atoms with van der Waals surface area (Å²) in [7, 11) is 0. The minimum absolute atomic E-state index is 0.194. The Bertz CT molecular complexity index is 1040. The second-order valence-electron chi connectivity index (χ2n) is 10.6. The Morgan fingerprint density at radius 2 is 1.62 bits per heavy atom. The second-order valence-corrected chi connectivity index (χ2v) is 10.6. The van der Waals surface area contributed by atoms with E-state index in [0.717, 1.165) is 38.6 Å². The van der Waals surface area contributed by atoms with Crippen LogP contribution in [0.25, 0.3) is 0 Å². The molecular weight excluding hydrogens is 536 g/mol. The predicted octanol–water partition coefficient (Wildman–Crippen LogP) is 3.82. The molecule has 1 amide bonds. The lowest BCUT2D eigenvalue weighted by Crippen LogP contribution is -2.29. The van der Waals surface area contributed by atoms with Crippen molar-refractivity contribution in [2.45, 2.75) is 83.3 Å². The summed E-state index contributed by atoms with van der Waals surface area (Å²) in [6, 6.07) is 7.40. The van der Waals surface area contributed by atoms with E-state index in [1.807, 2.05) is 12.1 Å². The SMILES string of the molecule is CCCCCCCCNc1nc(Nc2cccc(C(=O)NCCOCCOCCN)c2)nc(NC2CCC(O)CC2)n1.